The first-order valence-corrected chi connectivity index (χ1v) is 5.33. The topological polar surface area (TPSA) is 28.7 Å². The van der Waals surface area contributed by atoms with Crippen molar-refractivity contribution in [3.63, 3.8) is 0 Å². The Balaban J connectivity index is 2.55. The monoisotopic (exact) mass is 256 g/mol. The third kappa shape index (κ3) is 2.37. The first-order valence-electron chi connectivity index (χ1n) is 4.17. The molecule has 1 aromatic carbocycles. The summed E-state index contributed by atoms with van der Waals surface area (Å²) in [5.41, 5.74) is 1.86. The van der Waals surface area contributed by atoms with E-state index in [4.69, 9.17) is 35.4 Å². The molecule has 0 bridgehead atoms. The number of hydrogen-bond donors (Lipinski definition) is 1. The van der Waals surface area contributed by atoms with E-state index in [1.165, 1.54) is 0 Å². The summed E-state index contributed by atoms with van der Waals surface area (Å²) >= 11 is 16.7. The Labute approximate surface area is 102 Å². The van der Waals surface area contributed by atoms with Gasteiger partial charge in [-0.3, -0.25) is 5.10 Å². The van der Waals surface area contributed by atoms with Gasteiger partial charge in [0.25, 0.3) is 0 Å². The Morgan fingerprint density at radius 2 is 1.87 bits per heavy atom. The normalized spacial score (nSPS) is 10.3. The van der Waals surface area contributed by atoms with Crippen molar-refractivity contribution >= 4 is 35.4 Å². The van der Waals surface area contributed by atoms with Crippen LogP contribution in [0.3, 0.4) is 0 Å². The zero-order chi connectivity index (χ0) is 10.8. The fraction of sp³-hybridized carbons (Fsp3) is 0. The number of aromatic amines is 1. The third-order valence-electron chi connectivity index (χ3n) is 1.92. The number of rotatable bonds is 1. The first-order chi connectivity index (χ1) is 7.16. The van der Waals surface area contributed by atoms with Crippen LogP contribution in [0.1, 0.15) is 0 Å². The summed E-state index contributed by atoms with van der Waals surface area (Å²) in [5.74, 6) is 0. The van der Waals surface area contributed by atoms with Gasteiger partial charge in [0.15, 0.2) is 0 Å². The summed E-state index contributed by atoms with van der Waals surface area (Å²) in [6.45, 7) is 0. The maximum absolute atomic E-state index is 5.92. The van der Waals surface area contributed by atoms with E-state index in [0.717, 1.165) is 11.1 Å². The van der Waals surface area contributed by atoms with Crippen LogP contribution in [0.2, 0.25) is 10.0 Å². The summed E-state index contributed by atoms with van der Waals surface area (Å²) in [6, 6.07) is 7.23. The molecule has 2 rings (SSSR count). The molecule has 0 amide bonds. The third-order valence-corrected chi connectivity index (χ3v) is 2.87. The molecule has 0 atom stereocenters. The van der Waals surface area contributed by atoms with Gasteiger partial charge < -0.3 is 0 Å². The van der Waals surface area contributed by atoms with Crippen molar-refractivity contribution in [3.8, 4) is 11.1 Å². The molecule has 0 fully saturated rings. The quantitative estimate of drug-likeness (QED) is 0.778. The Morgan fingerprint density at radius 3 is 2.53 bits per heavy atom. The molecule has 0 unspecified atom stereocenters. The molecule has 15 heavy (non-hydrogen) atoms. The van der Waals surface area contributed by atoms with E-state index >= 15 is 0 Å². The van der Waals surface area contributed by atoms with Gasteiger partial charge in [-0.25, -0.2) is 0 Å². The molecule has 0 saturated heterocycles. The standard InChI is InChI=1S/C10H6Cl2N2S/c11-8-2-1-6(3-9(8)12)7-4-10(15)14-13-5-7/h1-5H,(H,14,15). The minimum Gasteiger partial charge on any atom is -0.268 e. The van der Waals surface area contributed by atoms with Crippen LogP contribution in [-0.4, -0.2) is 10.2 Å². The van der Waals surface area contributed by atoms with Gasteiger partial charge in [-0.05, 0) is 23.8 Å². The molecule has 0 spiro atoms. The summed E-state index contributed by atoms with van der Waals surface area (Å²) in [4.78, 5) is 0. The van der Waals surface area contributed by atoms with Gasteiger partial charge in [-0.2, -0.15) is 5.10 Å². The number of halogens is 2. The SMILES string of the molecule is S=c1cc(-c2ccc(Cl)c(Cl)c2)cn[nH]1. The van der Waals surface area contributed by atoms with E-state index in [9.17, 15) is 0 Å². The van der Waals surface area contributed by atoms with E-state index in [2.05, 4.69) is 10.2 Å². The van der Waals surface area contributed by atoms with E-state index < -0.39 is 0 Å². The molecule has 0 saturated carbocycles. The predicted octanol–water partition coefficient (Wildman–Crippen LogP) is 4.11. The number of H-pyrrole nitrogens is 1. The molecule has 2 aromatic rings. The van der Waals surface area contributed by atoms with Gasteiger partial charge in [-0.1, -0.05) is 41.5 Å². The van der Waals surface area contributed by atoms with Crippen LogP contribution >= 0.6 is 35.4 Å². The molecule has 0 aliphatic heterocycles. The molecule has 0 aliphatic carbocycles. The van der Waals surface area contributed by atoms with Crippen LogP contribution in [0.25, 0.3) is 11.1 Å². The molecule has 1 N–H and O–H groups in total. The van der Waals surface area contributed by atoms with Crippen molar-refractivity contribution in [1.82, 2.24) is 10.2 Å². The Bertz CT molecular complexity index is 551. The second kappa shape index (κ2) is 4.31. The van der Waals surface area contributed by atoms with Crippen molar-refractivity contribution in [1.29, 1.82) is 0 Å². The lowest BCUT2D eigenvalue weighted by Crippen LogP contribution is -1.84. The molecule has 0 aliphatic rings. The fourth-order valence-corrected chi connectivity index (χ4v) is 1.69. The molecule has 5 heteroatoms. The van der Waals surface area contributed by atoms with Gasteiger partial charge in [0.05, 0.1) is 16.2 Å². The molecule has 76 valence electrons. The van der Waals surface area contributed by atoms with E-state index in [0.29, 0.717) is 14.7 Å². The van der Waals surface area contributed by atoms with Gasteiger partial charge in [0.1, 0.15) is 4.64 Å². The Morgan fingerprint density at radius 1 is 1.07 bits per heavy atom. The lowest BCUT2D eigenvalue weighted by Gasteiger charge is -2.02. The average molecular weight is 257 g/mol. The fourth-order valence-electron chi connectivity index (χ4n) is 1.21. The minimum absolute atomic E-state index is 0.521. The number of benzene rings is 1. The van der Waals surface area contributed by atoms with Gasteiger partial charge in [-0.15, -0.1) is 0 Å². The average Bonchev–Trinajstić information content (AvgIpc) is 2.22. The summed E-state index contributed by atoms with van der Waals surface area (Å²) < 4.78 is 0.582. The maximum atomic E-state index is 5.92. The molecule has 2 nitrogen and oxygen atoms in total. The number of hydrogen-bond acceptors (Lipinski definition) is 2. The smallest absolute Gasteiger partial charge is 0.120 e. The number of aromatic nitrogens is 2. The van der Waals surface area contributed by atoms with Crippen molar-refractivity contribution < 1.29 is 0 Å². The lowest BCUT2D eigenvalue weighted by molar-refractivity contribution is 1.02. The molecular formula is C10H6Cl2N2S. The molecular weight excluding hydrogens is 251 g/mol. The second-order valence-corrected chi connectivity index (χ2v) is 4.22. The van der Waals surface area contributed by atoms with Crippen LogP contribution in [-0.2, 0) is 0 Å². The molecule has 0 radical (unpaired) electrons. The van der Waals surface area contributed by atoms with E-state index in [-0.39, 0.29) is 0 Å². The van der Waals surface area contributed by atoms with Crippen molar-refractivity contribution in [2.24, 2.45) is 0 Å². The van der Waals surface area contributed by atoms with Crippen molar-refractivity contribution in [3.05, 3.63) is 45.1 Å². The molecule has 1 aromatic heterocycles. The van der Waals surface area contributed by atoms with Crippen LogP contribution < -0.4 is 0 Å². The van der Waals surface area contributed by atoms with Crippen molar-refractivity contribution in [2.45, 2.75) is 0 Å². The highest BCUT2D eigenvalue weighted by molar-refractivity contribution is 7.71. The lowest BCUT2D eigenvalue weighted by atomic mass is 10.1. The highest BCUT2D eigenvalue weighted by atomic mass is 35.5. The van der Waals surface area contributed by atoms with Gasteiger partial charge >= 0.3 is 0 Å². The number of nitrogens with one attached hydrogen (secondary N) is 1. The van der Waals surface area contributed by atoms with Crippen molar-refractivity contribution in [2.75, 3.05) is 0 Å². The zero-order valence-corrected chi connectivity index (χ0v) is 9.83. The van der Waals surface area contributed by atoms with Crippen LogP contribution in [0.15, 0.2) is 30.5 Å². The Kier molecular flexibility index (Phi) is 3.05. The van der Waals surface area contributed by atoms with E-state index in [1.807, 2.05) is 12.1 Å². The summed E-state index contributed by atoms with van der Waals surface area (Å²) in [7, 11) is 0. The highest BCUT2D eigenvalue weighted by Gasteiger charge is 2.02. The van der Waals surface area contributed by atoms with Crippen LogP contribution in [0.4, 0.5) is 0 Å². The zero-order valence-electron chi connectivity index (χ0n) is 7.50. The van der Waals surface area contributed by atoms with E-state index in [1.54, 1.807) is 18.3 Å². The highest BCUT2D eigenvalue weighted by Crippen LogP contribution is 2.27. The predicted molar refractivity (Wildman–Crippen MR) is 64.9 cm³/mol. The molecule has 1 heterocycles. The summed E-state index contributed by atoms with van der Waals surface area (Å²) in [6.07, 6.45) is 1.69. The largest absolute Gasteiger partial charge is 0.268 e. The van der Waals surface area contributed by atoms with Crippen LogP contribution in [0.5, 0.6) is 0 Å². The minimum atomic E-state index is 0.521. The van der Waals surface area contributed by atoms with Gasteiger partial charge in [0.2, 0.25) is 0 Å². The van der Waals surface area contributed by atoms with Crippen LogP contribution in [0, 0.1) is 4.64 Å². The second-order valence-electron chi connectivity index (χ2n) is 2.96. The Hall–Kier alpha value is -0.900. The van der Waals surface area contributed by atoms with Gasteiger partial charge in [0, 0.05) is 5.56 Å². The first kappa shape index (κ1) is 10.6. The number of nitrogens with zero attached hydrogens (tertiary/aromatic N) is 1. The maximum Gasteiger partial charge on any atom is 0.120 e. The summed E-state index contributed by atoms with van der Waals surface area (Å²) in [5, 5.41) is 7.64.